The topological polar surface area (TPSA) is 65.5 Å². The van der Waals surface area contributed by atoms with Crippen molar-refractivity contribution in [3.05, 3.63) is 93.9 Å². The Morgan fingerprint density at radius 2 is 1.96 bits per heavy atom. The van der Waals surface area contributed by atoms with E-state index in [0.717, 1.165) is 10.0 Å². The van der Waals surface area contributed by atoms with Crippen LogP contribution < -0.4 is 9.47 Å². The molecule has 0 saturated heterocycles. The van der Waals surface area contributed by atoms with E-state index in [1.807, 2.05) is 6.07 Å². The molecule has 4 rings (SSSR count). The third-order valence-corrected chi connectivity index (χ3v) is 4.69. The molecule has 1 aliphatic heterocycles. The first kappa shape index (κ1) is 18.1. The molecule has 0 bridgehead atoms. The molecular weight excluding hydrogens is 422 g/mol. The minimum atomic E-state index is -0.198. The highest BCUT2D eigenvalue weighted by Crippen LogP contribution is 2.34. The first-order valence-corrected chi connectivity index (χ1v) is 9.29. The molecule has 1 aromatic heterocycles. The maximum Gasteiger partial charge on any atom is 0.231 e. The molecule has 2 aromatic carbocycles. The summed E-state index contributed by atoms with van der Waals surface area (Å²) in [5.41, 5.74) is 1.80. The van der Waals surface area contributed by atoms with E-state index in [1.165, 1.54) is 0 Å². The predicted octanol–water partition coefficient (Wildman–Crippen LogP) is 4.72. The van der Waals surface area contributed by atoms with Gasteiger partial charge in [0.05, 0.1) is 5.56 Å². The van der Waals surface area contributed by atoms with Gasteiger partial charge >= 0.3 is 0 Å². The molecule has 0 unspecified atom stereocenters. The zero-order valence-corrected chi connectivity index (χ0v) is 16.2. The van der Waals surface area contributed by atoms with Crippen LogP contribution in [0.1, 0.15) is 26.3 Å². The Bertz CT molecular complexity index is 1080. The molecule has 0 aliphatic carbocycles. The molecule has 6 heteroatoms. The molecule has 2 heterocycles. The number of hydrogen-bond acceptors (Lipinski definition) is 5. The Labute approximate surface area is 169 Å². The Morgan fingerprint density at radius 1 is 1.14 bits per heavy atom. The summed E-state index contributed by atoms with van der Waals surface area (Å²) < 4.78 is 12.2. The van der Waals surface area contributed by atoms with Crippen LogP contribution in [-0.4, -0.2) is 23.2 Å². The minimum Gasteiger partial charge on any atom is -0.485 e. The van der Waals surface area contributed by atoms with Gasteiger partial charge in [-0.3, -0.25) is 14.6 Å². The number of rotatable bonds is 5. The van der Waals surface area contributed by atoms with Crippen LogP contribution in [0.15, 0.2) is 77.2 Å². The van der Waals surface area contributed by atoms with Gasteiger partial charge in [-0.2, -0.15) is 0 Å². The highest BCUT2D eigenvalue weighted by molar-refractivity contribution is 9.10. The van der Waals surface area contributed by atoms with Gasteiger partial charge in [-0.1, -0.05) is 34.1 Å². The standard InChI is InChI=1S/C22H14BrNO4/c23-16-5-3-15(4-6-16)19(25)13-27-17-7-8-18-20(11-17)28-21(22(18)26)10-14-2-1-9-24-12-14/h1-12H,13H2/b21-10-. The van der Waals surface area contributed by atoms with E-state index in [9.17, 15) is 9.59 Å². The Kier molecular flexibility index (Phi) is 5.04. The number of Topliss-reactive ketones (excluding diaryl/α,β-unsaturated/α-hetero) is 2. The number of halogens is 1. The summed E-state index contributed by atoms with van der Waals surface area (Å²) in [4.78, 5) is 28.7. The Morgan fingerprint density at radius 3 is 2.71 bits per heavy atom. The molecule has 0 saturated carbocycles. The second kappa shape index (κ2) is 7.78. The first-order valence-electron chi connectivity index (χ1n) is 8.50. The van der Waals surface area contributed by atoms with Gasteiger partial charge in [-0.15, -0.1) is 0 Å². The summed E-state index contributed by atoms with van der Waals surface area (Å²) in [5.74, 6) is 0.762. The van der Waals surface area contributed by atoms with Crippen LogP contribution in [-0.2, 0) is 0 Å². The average molecular weight is 436 g/mol. The van der Waals surface area contributed by atoms with E-state index < -0.39 is 0 Å². The fourth-order valence-electron chi connectivity index (χ4n) is 2.74. The largest absolute Gasteiger partial charge is 0.485 e. The number of ether oxygens (including phenoxy) is 2. The average Bonchev–Trinajstić information content (AvgIpc) is 3.02. The third kappa shape index (κ3) is 3.87. The molecule has 0 fully saturated rings. The second-order valence-electron chi connectivity index (χ2n) is 6.10. The van der Waals surface area contributed by atoms with Crippen LogP contribution in [0.3, 0.4) is 0 Å². The third-order valence-electron chi connectivity index (χ3n) is 4.16. The van der Waals surface area contributed by atoms with E-state index in [0.29, 0.717) is 22.6 Å². The zero-order chi connectivity index (χ0) is 19.5. The van der Waals surface area contributed by atoms with Gasteiger partial charge in [0.15, 0.2) is 18.1 Å². The molecule has 138 valence electrons. The lowest BCUT2D eigenvalue weighted by Gasteiger charge is -2.07. The molecule has 0 N–H and O–H groups in total. The Balaban J connectivity index is 1.46. The number of aromatic nitrogens is 1. The van der Waals surface area contributed by atoms with Crippen LogP contribution in [0.5, 0.6) is 11.5 Å². The number of pyridine rings is 1. The van der Waals surface area contributed by atoms with E-state index in [-0.39, 0.29) is 23.9 Å². The van der Waals surface area contributed by atoms with Crippen molar-refractivity contribution >= 4 is 33.6 Å². The summed E-state index contributed by atoms with van der Waals surface area (Å²) in [5, 5.41) is 0. The maximum atomic E-state index is 12.5. The lowest BCUT2D eigenvalue weighted by atomic mass is 10.1. The van der Waals surface area contributed by atoms with Gasteiger partial charge < -0.3 is 9.47 Å². The van der Waals surface area contributed by atoms with E-state index >= 15 is 0 Å². The molecule has 0 spiro atoms. The van der Waals surface area contributed by atoms with Gasteiger partial charge in [0.2, 0.25) is 5.78 Å². The minimum absolute atomic E-state index is 0.104. The highest BCUT2D eigenvalue weighted by Gasteiger charge is 2.27. The first-order chi connectivity index (χ1) is 13.6. The van der Waals surface area contributed by atoms with Crippen molar-refractivity contribution in [2.45, 2.75) is 0 Å². The van der Waals surface area contributed by atoms with Gasteiger partial charge in [0, 0.05) is 28.5 Å². The molecule has 0 atom stereocenters. The van der Waals surface area contributed by atoms with Crippen LogP contribution in [0.2, 0.25) is 0 Å². The van der Waals surface area contributed by atoms with Gasteiger partial charge in [-0.05, 0) is 42.0 Å². The van der Waals surface area contributed by atoms with Crippen molar-refractivity contribution in [1.29, 1.82) is 0 Å². The van der Waals surface area contributed by atoms with Crippen LogP contribution in [0, 0.1) is 0 Å². The number of hydrogen-bond donors (Lipinski definition) is 0. The van der Waals surface area contributed by atoms with Gasteiger partial charge in [0.1, 0.15) is 11.5 Å². The number of nitrogens with zero attached hydrogens (tertiary/aromatic N) is 1. The van der Waals surface area contributed by atoms with Crippen molar-refractivity contribution in [1.82, 2.24) is 4.98 Å². The highest BCUT2D eigenvalue weighted by atomic mass is 79.9. The van der Waals surface area contributed by atoms with Crippen LogP contribution in [0.25, 0.3) is 6.08 Å². The van der Waals surface area contributed by atoms with Gasteiger partial charge in [0.25, 0.3) is 0 Å². The molecule has 1 aliphatic rings. The molecule has 5 nitrogen and oxygen atoms in total. The van der Waals surface area contributed by atoms with E-state index in [2.05, 4.69) is 20.9 Å². The monoisotopic (exact) mass is 435 g/mol. The summed E-state index contributed by atoms with van der Waals surface area (Å²) in [6.07, 6.45) is 4.95. The summed E-state index contributed by atoms with van der Waals surface area (Å²) >= 11 is 3.34. The number of ketones is 2. The zero-order valence-electron chi connectivity index (χ0n) is 14.6. The van der Waals surface area contributed by atoms with Crippen molar-refractivity contribution < 1.29 is 19.1 Å². The lowest BCUT2D eigenvalue weighted by molar-refractivity contribution is 0.0921. The fraction of sp³-hybridized carbons (Fsp3) is 0.0455. The summed E-state index contributed by atoms with van der Waals surface area (Å²) in [6, 6.07) is 15.6. The van der Waals surface area contributed by atoms with Crippen molar-refractivity contribution in [3.8, 4) is 11.5 Å². The molecular formula is C22H14BrNO4. The normalized spacial score (nSPS) is 13.9. The van der Waals surface area contributed by atoms with Crippen LogP contribution in [0.4, 0.5) is 0 Å². The number of fused-ring (bicyclic) bond motifs is 1. The molecule has 0 amide bonds. The number of benzene rings is 2. The maximum absolute atomic E-state index is 12.5. The number of allylic oxidation sites excluding steroid dienone is 1. The van der Waals surface area contributed by atoms with E-state index in [1.54, 1.807) is 67.0 Å². The Hall–Kier alpha value is -3.25. The van der Waals surface area contributed by atoms with Crippen molar-refractivity contribution in [2.75, 3.05) is 6.61 Å². The van der Waals surface area contributed by atoms with Crippen LogP contribution >= 0.6 is 15.9 Å². The molecule has 28 heavy (non-hydrogen) atoms. The van der Waals surface area contributed by atoms with Crippen molar-refractivity contribution in [3.63, 3.8) is 0 Å². The number of carbonyl (C=O) groups is 2. The smallest absolute Gasteiger partial charge is 0.231 e. The molecule has 3 aromatic rings. The van der Waals surface area contributed by atoms with Crippen molar-refractivity contribution in [2.24, 2.45) is 0 Å². The fourth-order valence-corrected chi connectivity index (χ4v) is 3.00. The number of carbonyl (C=O) groups excluding carboxylic acids is 2. The summed E-state index contributed by atoms with van der Waals surface area (Å²) in [6.45, 7) is -0.104. The quantitative estimate of drug-likeness (QED) is 0.428. The summed E-state index contributed by atoms with van der Waals surface area (Å²) in [7, 11) is 0. The predicted molar refractivity (Wildman–Crippen MR) is 108 cm³/mol. The van der Waals surface area contributed by atoms with E-state index in [4.69, 9.17) is 9.47 Å². The lowest BCUT2D eigenvalue weighted by Crippen LogP contribution is -2.11. The second-order valence-corrected chi connectivity index (χ2v) is 7.02. The SMILES string of the molecule is O=C(COc1ccc2c(c1)O/C(=C\c1cccnc1)C2=O)c1ccc(Br)cc1. The molecule has 0 radical (unpaired) electrons. The van der Waals surface area contributed by atoms with Gasteiger partial charge in [-0.25, -0.2) is 0 Å².